The highest BCUT2D eigenvalue weighted by Crippen LogP contribution is 2.58. The Labute approximate surface area is 164 Å². The number of rotatable bonds is 3. The van der Waals surface area contributed by atoms with Crippen LogP contribution in [0.2, 0.25) is 5.02 Å². The molecule has 0 bridgehead atoms. The summed E-state index contributed by atoms with van der Waals surface area (Å²) in [5.41, 5.74) is 1.41. The van der Waals surface area contributed by atoms with Gasteiger partial charge < -0.3 is 14.4 Å². The Morgan fingerprint density at radius 3 is 2.50 bits per heavy atom. The Kier molecular flexibility index (Phi) is 5.14. The maximum atomic E-state index is 12.2. The van der Waals surface area contributed by atoms with Crippen LogP contribution in [-0.2, 0) is 19.1 Å². The van der Waals surface area contributed by atoms with Crippen LogP contribution >= 0.6 is 35.1 Å². The van der Waals surface area contributed by atoms with Crippen LogP contribution in [0.1, 0.15) is 6.92 Å². The Balaban J connectivity index is 2.08. The van der Waals surface area contributed by atoms with Crippen LogP contribution in [0.15, 0.2) is 40.0 Å². The number of anilines is 1. The van der Waals surface area contributed by atoms with E-state index in [1.54, 1.807) is 23.2 Å². The Morgan fingerprint density at radius 1 is 1.19 bits per heavy atom. The van der Waals surface area contributed by atoms with E-state index in [0.29, 0.717) is 15.6 Å². The van der Waals surface area contributed by atoms with Gasteiger partial charge in [0.2, 0.25) is 9.37 Å². The molecule has 0 aromatic heterocycles. The molecular formula is C16H16ClN3O4S2. The summed E-state index contributed by atoms with van der Waals surface area (Å²) in [7, 11) is 4.47. The van der Waals surface area contributed by atoms with E-state index in [1.807, 2.05) is 24.9 Å². The van der Waals surface area contributed by atoms with Crippen LogP contribution in [0.25, 0.3) is 0 Å². The zero-order valence-electron chi connectivity index (χ0n) is 14.5. The maximum Gasteiger partial charge on any atom is 0.365 e. The zero-order chi connectivity index (χ0) is 19.1. The van der Waals surface area contributed by atoms with E-state index in [0.717, 1.165) is 5.70 Å². The van der Waals surface area contributed by atoms with E-state index in [2.05, 4.69) is 5.10 Å². The first-order valence-electron chi connectivity index (χ1n) is 7.48. The molecule has 1 aromatic rings. The van der Waals surface area contributed by atoms with E-state index in [-0.39, 0.29) is 5.04 Å². The van der Waals surface area contributed by atoms with Gasteiger partial charge in [0, 0.05) is 17.8 Å². The monoisotopic (exact) mass is 413 g/mol. The maximum absolute atomic E-state index is 12.2. The smallest absolute Gasteiger partial charge is 0.365 e. The van der Waals surface area contributed by atoms with Gasteiger partial charge in [-0.2, -0.15) is 5.10 Å². The summed E-state index contributed by atoms with van der Waals surface area (Å²) >= 11 is 8.60. The largest absolute Gasteiger partial charge is 0.465 e. The van der Waals surface area contributed by atoms with Gasteiger partial charge >= 0.3 is 11.9 Å². The molecule has 0 N–H and O–H groups in total. The van der Waals surface area contributed by atoms with E-state index in [9.17, 15) is 9.59 Å². The average molecular weight is 414 g/mol. The van der Waals surface area contributed by atoms with Crippen LogP contribution in [0.4, 0.5) is 5.69 Å². The number of thioether (sulfide) groups is 2. The molecule has 0 fully saturated rings. The molecule has 10 heteroatoms. The minimum atomic E-state index is -0.901. The summed E-state index contributed by atoms with van der Waals surface area (Å²) in [6.45, 7) is 1.82. The molecular weight excluding hydrogens is 398 g/mol. The van der Waals surface area contributed by atoms with Crippen molar-refractivity contribution in [2.45, 2.75) is 11.3 Å². The van der Waals surface area contributed by atoms with Crippen LogP contribution in [0.5, 0.6) is 0 Å². The van der Waals surface area contributed by atoms with Gasteiger partial charge in [-0.1, -0.05) is 29.4 Å². The van der Waals surface area contributed by atoms with Gasteiger partial charge in [0.15, 0.2) is 0 Å². The molecule has 0 saturated carbocycles. The second-order valence-corrected chi connectivity index (χ2v) is 8.44. The van der Waals surface area contributed by atoms with Gasteiger partial charge in [0.05, 0.1) is 19.9 Å². The van der Waals surface area contributed by atoms with Gasteiger partial charge in [-0.3, -0.25) is 0 Å². The van der Waals surface area contributed by atoms with Gasteiger partial charge in [0.1, 0.15) is 4.91 Å². The number of ether oxygens (including phenoxy) is 2. The molecule has 7 nitrogen and oxygen atoms in total. The predicted molar refractivity (Wildman–Crippen MR) is 104 cm³/mol. The number of benzene rings is 1. The first kappa shape index (κ1) is 18.9. The third-order valence-corrected chi connectivity index (χ3v) is 7.23. The summed E-state index contributed by atoms with van der Waals surface area (Å²) in [5.74, 6) is -0.980. The number of allylic oxidation sites excluding steroid dienone is 1. The Morgan fingerprint density at radius 2 is 1.88 bits per heavy atom. The highest BCUT2D eigenvalue weighted by Gasteiger charge is 2.56. The third-order valence-electron chi connectivity index (χ3n) is 3.96. The molecule has 3 rings (SSSR count). The topological polar surface area (TPSA) is 71.4 Å². The second-order valence-electron chi connectivity index (χ2n) is 5.41. The number of hydrogen-bond acceptors (Lipinski definition) is 9. The highest BCUT2D eigenvalue weighted by molar-refractivity contribution is 8.28. The molecule has 1 atom stereocenters. The number of hydrazone groups is 1. The number of halogens is 1. The molecule has 138 valence electrons. The van der Waals surface area contributed by atoms with Crippen molar-refractivity contribution in [1.82, 2.24) is 4.90 Å². The fraction of sp³-hybridized carbons (Fsp3) is 0.312. The van der Waals surface area contributed by atoms with Crippen LogP contribution < -0.4 is 5.01 Å². The lowest BCUT2D eigenvalue weighted by Gasteiger charge is -2.39. The molecule has 0 saturated heterocycles. The molecule has 2 aliphatic rings. The first-order chi connectivity index (χ1) is 12.3. The molecule has 0 radical (unpaired) electrons. The lowest BCUT2D eigenvalue weighted by molar-refractivity contribution is -0.135. The number of hydrogen-bond donors (Lipinski definition) is 0. The van der Waals surface area contributed by atoms with Crippen LogP contribution in [-0.4, -0.2) is 47.5 Å². The summed E-state index contributed by atoms with van der Waals surface area (Å²) in [6.07, 6.45) is 0. The molecule has 2 aliphatic heterocycles. The quantitative estimate of drug-likeness (QED) is 0.700. The van der Waals surface area contributed by atoms with E-state index >= 15 is 0 Å². The SMILES string of the molecule is COC(=O)C1=NN(c2cccc(Cl)c2)[C@]2(S1)SC(C(=O)OC)=C(C)N2C. The standard InChI is InChI=1S/C16H16ClN3O4S2/c1-9-12(14(21)23-3)25-16(19(9)2)20(11-7-5-6-10(17)8-11)18-13(26-16)15(22)24-4/h5-8H,1-4H3/t16-/m0/s1. The Hall–Kier alpha value is -1.84. The van der Waals surface area contributed by atoms with Gasteiger partial charge in [-0.05, 0) is 36.9 Å². The molecule has 2 heterocycles. The van der Waals surface area contributed by atoms with Crippen LogP contribution in [0, 0.1) is 0 Å². The number of esters is 2. The summed E-state index contributed by atoms with van der Waals surface area (Å²) in [4.78, 5) is 26.6. The van der Waals surface area contributed by atoms with Crippen molar-refractivity contribution in [2.24, 2.45) is 5.10 Å². The second kappa shape index (κ2) is 7.05. The van der Waals surface area contributed by atoms with Crippen LogP contribution in [0.3, 0.4) is 0 Å². The van der Waals surface area contributed by atoms with Gasteiger partial charge in [-0.25, -0.2) is 14.6 Å². The molecule has 1 spiro atoms. The highest BCUT2D eigenvalue weighted by atomic mass is 35.5. The van der Waals surface area contributed by atoms with Gasteiger partial charge in [0.25, 0.3) is 0 Å². The van der Waals surface area contributed by atoms with E-state index in [4.69, 9.17) is 21.1 Å². The minimum Gasteiger partial charge on any atom is -0.465 e. The predicted octanol–water partition coefficient (Wildman–Crippen LogP) is 3.07. The van der Waals surface area contributed by atoms with Gasteiger partial charge in [-0.15, -0.1) is 0 Å². The third kappa shape index (κ3) is 2.93. The number of carbonyl (C=O) groups is 2. The molecule has 26 heavy (non-hydrogen) atoms. The van der Waals surface area contributed by atoms with E-state index < -0.39 is 16.3 Å². The normalized spacial score (nSPS) is 22.1. The fourth-order valence-corrected chi connectivity index (χ4v) is 5.65. The van der Waals surface area contributed by atoms with Crippen molar-refractivity contribution in [3.05, 3.63) is 39.9 Å². The van der Waals surface area contributed by atoms with Crippen molar-refractivity contribution in [3.63, 3.8) is 0 Å². The molecule has 0 amide bonds. The average Bonchev–Trinajstić information content (AvgIpc) is 3.14. The van der Waals surface area contributed by atoms with Crippen molar-refractivity contribution >= 4 is 57.8 Å². The number of nitrogens with zero attached hydrogens (tertiary/aromatic N) is 3. The molecule has 1 aromatic carbocycles. The van der Waals surface area contributed by atoms with Crippen molar-refractivity contribution in [2.75, 3.05) is 26.3 Å². The molecule has 0 aliphatic carbocycles. The lowest BCUT2D eigenvalue weighted by Crippen LogP contribution is -2.47. The fourth-order valence-electron chi connectivity index (χ4n) is 2.54. The Bertz CT molecular complexity index is 845. The summed E-state index contributed by atoms with van der Waals surface area (Å²) < 4.78 is 8.81. The molecule has 0 unspecified atom stereocenters. The van der Waals surface area contributed by atoms with Crippen molar-refractivity contribution < 1.29 is 19.1 Å². The van der Waals surface area contributed by atoms with Crippen molar-refractivity contribution in [3.8, 4) is 0 Å². The number of carbonyl (C=O) groups excluding carboxylic acids is 2. The summed E-state index contributed by atoms with van der Waals surface area (Å²) in [5, 5.41) is 6.84. The van der Waals surface area contributed by atoms with E-state index in [1.165, 1.54) is 37.7 Å². The first-order valence-corrected chi connectivity index (χ1v) is 9.49. The zero-order valence-corrected chi connectivity index (χ0v) is 16.9. The summed E-state index contributed by atoms with van der Waals surface area (Å²) in [6, 6.07) is 7.12. The lowest BCUT2D eigenvalue weighted by atomic mass is 10.3. The van der Waals surface area contributed by atoms with Crippen molar-refractivity contribution in [1.29, 1.82) is 0 Å². The number of methoxy groups -OCH3 is 2. The minimum absolute atomic E-state index is 0.186.